The summed E-state index contributed by atoms with van der Waals surface area (Å²) in [5, 5.41) is 11.9. The van der Waals surface area contributed by atoms with Gasteiger partial charge >= 0.3 is 6.18 Å². The molecular weight excluding hydrogens is 247 g/mol. The van der Waals surface area contributed by atoms with Crippen LogP contribution in [0.25, 0.3) is 0 Å². The van der Waals surface area contributed by atoms with Crippen molar-refractivity contribution in [3.63, 3.8) is 0 Å². The van der Waals surface area contributed by atoms with Gasteiger partial charge in [0.1, 0.15) is 6.61 Å². The van der Waals surface area contributed by atoms with Gasteiger partial charge in [-0.25, -0.2) is 0 Å². The molecule has 0 fully saturated rings. The first-order chi connectivity index (χ1) is 8.51. The second-order valence-electron chi connectivity index (χ2n) is 3.82. The van der Waals surface area contributed by atoms with Crippen LogP contribution < -0.4 is 5.32 Å². The van der Waals surface area contributed by atoms with Crippen molar-refractivity contribution in [1.29, 1.82) is 0 Å². The third kappa shape index (κ3) is 6.58. The SMILES string of the molecule is OCc1cccc(CNCCOCC(F)(F)F)c1. The van der Waals surface area contributed by atoms with Gasteiger partial charge in [0.15, 0.2) is 0 Å². The summed E-state index contributed by atoms with van der Waals surface area (Å²) in [6.07, 6.45) is -4.27. The molecule has 0 aliphatic carbocycles. The Bertz CT molecular complexity index is 355. The van der Waals surface area contributed by atoms with Crippen molar-refractivity contribution in [3.05, 3.63) is 35.4 Å². The molecule has 0 amide bonds. The lowest BCUT2D eigenvalue weighted by Gasteiger charge is -2.09. The number of benzene rings is 1. The molecule has 0 radical (unpaired) electrons. The number of aliphatic hydroxyl groups is 1. The summed E-state index contributed by atoms with van der Waals surface area (Å²) in [5.41, 5.74) is 1.78. The Hall–Kier alpha value is -1.11. The van der Waals surface area contributed by atoms with Gasteiger partial charge in [-0.15, -0.1) is 0 Å². The molecular formula is C12H16F3NO2. The first kappa shape index (κ1) is 14.9. The predicted molar refractivity (Wildman–Crippen MR) is 60.9 cm³/mol. The maximum Gasteiger partial charge on any atom is 0.411 e. The summed E-state index contributed by atoms with van der Waals surface area (Å²) in [7, 11) is 0. The predicted octanol–water partition coefficient (Wildman–Crippen LogP) is 1.85. The van der Waals surface area contributed by atoms with E-state index in [2.05, 4.69) is 10.1 Å². The number of hydrogen-bond acceptors (Lipinski definition) is 3. The minimum Gasteiger partial charge on any atom is -0.392 e. The zero-order valence-electron chi connectivity index (χ0n) is 9.83. The average Bonchev–Trinajstić information content (AvgIpc) is 2.32. The van der Waals surface area contributed by atoms with Crippen LogP contribution in [0.4, 0.5) is 13.2 Å². The van der Waals surface area contributed by atoms with Crippen molar-refractivity contribution in [3.8, 4) is 0 Å². The summed E-state index contributed by atoms with van der Waals surface area (Å²) >= 11 is 0. The van der Waals surface area contributed by atoms with E-state index in [-0.39, 0.29) is 13.2 Å². The molecule has 1 rings (SSSR count). The number of alkyl halides is 3. The number of halogens is 3. The Balaban J connectivity index is 2.14. The van der Waals surface area contributed by atoms with Crippen molar-refractivity contribution in [2.75, 3.05) is 19.8 Å². The van der Waals surface area contributed by atoms with Crippen molar-refractivity contribution >= 4 is 0 Å². The van der Waals surface area contributed by atoms with Gasteiger partial charge in [0.2, 0.25) is 0 Å². The Morgan fingerprint density at radius 1 is 1.22 bits per heavy atom. The maximum atomic E-state index is 11.7. The molecule has 0 heterocycles. The van der Waals surface area contributed by atoms with E-state index in [1.165, 1.54) is 0 Å². The Kier molecular flexibility index (Phi) is 6.11. The van der Waals surface area contributed by atoms with Crippen LogP contribution in [-0.2, 0) is 17.9 Å². The van der Waals surface area contributed by atoms with Crippen LogP contribution in [0.1, 0.15) is 11.1 Å². The number of aliphatic hydroxyl groups excluding tert-OH is 1. The minimum absolute atomic E-state index is 0.0131. The van der Waals surface area contributed by atoms with Crippen molar-refractivity contribution < 1.29 is 23.0 Å². The molecule has 1 aromatic carbocycles. The molecule has 0 aliphatic rings. The van der Waals surface area contributed by atoms with Gasteiger partial charge in [0, 0.05) is 13.1 Å². The van der Waals surface area contributed by atoms with E-state index >= 15 is 0 Å². The molecule has 2 N–H and O–H groups in total. The van der Waals surface area contributed by atoms with Gasteiger partial charge in [0.25, 0.3) is 0 Å². The maximum absolute atomic E-state index is 11.7. The third-order valence-electron chi connectivity index (χ3n) is 2.19. The zero-order valence-corrected chi connectivity index (χ0v) is 9.83. The highest BCUT2D eigenvalue weighted by Gasteiger charge is 2.27. The number of nitrogens with one attached hydrogen (secondary N) is 1. The smallest absolute Gasteiger partial charge is 0.392 e. The zero-order chi connectivity index (χ0) is 13.4. The molecule has 3 nitrogen and oxygen atoms in total. The molecule has 6 heteroatoms. The van der Waals surface area contributed by atoms with Crippen LogP contribution in [0, 0.1) is 0 Å². The fourth-order valence-corrected chi connectivity index (χ4v) is 1.40. The Morgan fingerprint density at radius 3 is 2.61 bits per heavy atom. The third-order valence-corrected chi connectivity index (χ3v) is 2.19. The molecule has 0 aromatic heterocycles. The molecule has 102 valence electrons. The fourth-order valence-electron chi connectivity index (χ4n) is 1.40. The van der Waals surface area contributed by atoms with Crippen LogP contribution in [0.2, 0.25) is 0 Å². The lowest BCUT2D eigenvalue weighted by atomic mass is 10.1. The van der Waals surface area contributed by atoms with Gasteiger partial charge < -0.3 is 15.2 Å². The van der Waals surface area contributed by atoms with E-state index in [0.29, 0.717) is 13.1 Å². The van der Waals surface area contributed by atoms with Crippen LogP contribution in [0.15, 0.2) is 24.3 Å². The van der Waals surface area contributed by atoms with E-state index in [1.807, 2.05) is 18.2 Å². The first-order valence-electron chi connectivity index (χ1n) is 5.55. The highest BCUT2D eigenvalue weighted by molar-refractivity contribution is 5.22. The number of ether oxygens (including phenoxy) is 1. The topological polar surface area (TPSA) is 41.5 Å². The lowest BCUT2D eigenvalue weighted by Crippen LogP contribution is -2.23. The second-order valence-corrected chi connectivity index (χ2v) is 3.82. The summed E-state index contributed by atoms with van der Waals surface area (Å²) in [5.74, 6) is 0. The standard InChI is InChI=1S/C12H16F3NO2/c13-12(14,15)9-18-5-4-16-7-10-2-1-3-11(6-10)8-17/h1-3,6,16-17H,4-5,7-9H2. The number of rotatable bonds is 7. The highest BCUT2D eigenvalue weighted by Crippen LogP contribution is 2.13. The second kappa shape index (κ2) is 7.35. The highest BCUT2D eigenvalue weighted by atomic mass is 19.4. The van der Waals surface area contributed by atoms with E-state index < -0.39 is 12.8 Å². The molecule has 18 heavy (non-hydrogen) atoms. The first-order valence-corrected chi connectivity index (χ1v) is 5.55. The van der Waals surface area contributed by atoms with Crippen molar-refractivity contribution in [1.82, 2.24) is 5.32 Å². The van der Waals surface area contributed by atoms with Gasteiger partial charge in [-0.2, -0.15) is 13.2 Å². The fraction of sp³-hybridized carbons (Fsp3) is 0.500. The van der Waals surface area contributed by atoms with E-state index in [1.54, 1.807) is 6.07 Å². The minimum atomic E-state index is -4.27. The van der Waals surface area contributed by atoms with Gasteiger partial charge in [-0.3, -0.25) is 0 Å². The lowest BCUT2D eigenvalue weighted by molar-refractivity contribution is -0.173. The molecule has 0 saturated carbocycles. The van der Waals surface area contributed by atoms with E-state index in [4.69, 9.17) is 5.11 Å². The molecule has 1 aromatic rings. The van der Waals surface area contributed by atoms with Crippen molar-refractivity contribution in [2.24, 2.45) is 0 Å². The monoisotopic (exact) mass is 263 g/mol. The Labute approximate surface area is 104 Å². The van der Waals surface area contributed by atoms with E-state index in [0.717, 1.165) is 11.1 Å². The van der Waals surface area contributed by atoms with Crippen molar-refractivity contribution in [2.45, 2.75) is 19.3 Å². The van der Waals surface area contributed by atoms with Crippen LogP contribution >= 0.6 is 0 Å². The average molecular weight is 263 g/mol. The summed E-state index contributed by atoms with van der Waals surface area (Å²) in [4.78, 5) is 0. The quantitative estimate of drug-likeness (QED) is 0.738. The number of hydrogen-bond donors (Lipinski definition) is 2. The molecule has 0 aliphatic heterocycles. The van der Waals surface area contributed by atoms with Crippen LogP contribution in [0.5, 0.6) is 0 Å². The normalized spacial score (nSPS) is 11.8. The van der Waals surface area contributed by atoms with Gasteiger partial charge in [-0.1, -0.05) is 24.3 Å². The molecule has 0 saturated heterocycles. The van der Waals surface area contributed by atoms with Gasteiger partial charge in [-0.05, 0) is 11.1 Å². The Morgan fingerprint density at radius 2 is 1.94 bits per heavy atom. The largest absolute Gasteiger partial charge is 0.411 e. The summed E-state index contributed by atoms with van der Waals surface area (Å²) in [6, 6.07) is 7.34. The van der Waals surface area contributed by atoms with Gasteiger partial charge in [0.05, 0.1) is 13.2 Å². The summed E-state index contributed by atoms with van der Waals surface area (Å²) < 4.78 is 39.7. The molecule has 0 atom stereocenters. The van der Waals surface area contributed by atoms with Crippen LogP contribution in [0.3, 0.4) is 0 Å². The molecule has 0 unspecified atom stereocenters. The molecule has 0 bridgehead atoms. The molecule has 0 spiro atoms. The summed E-state index contributed by atoms with van der Waals surface area (Å²) in [6.45, 7) is -0.348. The van der Waals surface area contributed by atoms with E-state index in [9.17, 15) is 13.2 Å². The van der Waals surface area contributed by atoms with Crippen LogP contribution in [-0.4, -0.2) is 31.0 Å².